The van der Waals surface area contributed by atoms with Crippen LogP contribution in [0.3, 0.4) is 0 Å². The second kappa shape index (κ2) is 3.67. The molecule has 1 aliphatic heterocycles. The van der Waals surface area contributed by atoms with Gasteiger partial charge in [-0.1, -0.05) is 23.2 Å². The van der Waals surface area contributed by atoms with Gasteiger partial charge in [-0.3, -0.25) is 0 Å². The number of hydrogen-bond acceptors (Lipinski definition) is 5. The number of fused-ring (bicyclic) bond motifs is 1. The van der Waals surface area contributed by atoms with Crippen molar-refractivity contribution in [3.05, 3.63) is 0 Å². The van der Waals surface area contributed by atoms with Gasteiger partial charge in [0.05, 0.1) is 6.10 Å². The number of aliphatic hydroxyl groups excluding tert-OH is 1. The Morgan fingerprint density at radius 2 is 2.20 bits per heavy atom. The van der Waals surface area contributed by atoms with Crippen LogP contribution in [0.2, 0.25) is 0 Å². The van der Waals surface area contributed by atoms with Crippen molar-refractivity contribution >= 4 is 40.9 Å². The molecule has 0 spiro atoms. The SMILES string of the molecule is CO[C@H]1S[C@H]2[C@@H]([C@H]1C(=O)[O-])[C@@H](O)C2(Cl)Cl. The van der Waals surface area contributed by atoms with Crippen molar-refractivity contribution in [2.45, 2.75) is 21.1 Å². The van der Waals surface area contributed by atoms with Gasteiger partial charge in [-0.2, -0.15) is 0 Å². The highest BCUT2D eigenvalue weighted by atomic mass is 35.5. The number of carbonyl (C=O) groups excluding carboxylic acids is 1. The molecule has 0 aromatic heterocycles. The number of carboxylic acids is 1. The number of aliphatic carboxylic acids is 1. The van der Waals surface area contributed by atoms with Crippen LogP contribution >= 0.6 is 35.0 Å². The topological polar surface area (TPSA) is 69.6 Å². The quantitative estimate of drug-likeness (QED) is 0.693. The number of halogens is 2. The molecule has 1 N–H and O–H groups in total. The fourth-order valence-corrected chi connectivity index (χ4v) is 4.75. The first kappa shape index (κ1) is 11.8. The molecular formula is C8H9Cl2O4S-. The van der Waals surface area contributed by atoms with Gasteiger partial charge in [0.2, 0.25) is 0 Å². The molecule has 0 unspecified atom stereocenters. The Morgan fingerprint density at radius 3 is 2.67 bits per heavy atom. The fourth-order valence-electron chi connectivity index (χ4n) is 2.18. The molecule has 1 saturated heterocycles. The molecule has 2 aliphatic rings. The van der Waals surface area contributed by atoms with Gasteiger partial charge in [-0.05, 0) is 0 Å². The molecule has 86 valence electrons. The molecule has 2 fully saturated rings. The molecule has 0 aromatic rings. The molecule has 0 bridgehead atoms. The van der Waals surface area contributed by atoms with E-state index in [1.165, 1.54) is 18.9 Å². The number of methoxy groups -OCH3 is 1. The molecule has 4 nitrogen and oxygen atoms in total. The summed E-state index contributed by atoms with van der Waals surface area (Å²) >= 11 is 13.0. The minimum atomic E-state index is -1.28. The van der Waals surface area contributed by atoms with Crippen LogP contribution in [0.1, 0.15) is 0 Å². The number of carbonyl (C=O) groups is 1. The molecule has 0 radical (unpaired) electrons. The van der Waals surface area contributed by atoms with Gasteiger partial charge in [-0.25, -0.2) is 0 Å². The number of ether oxygens (including phenoxy) is 1. The van der Waals surface area contributed by atoms with Gasteiger partial charge < -0.3 is 19.7 Å². The summed E-state index contributed by atoms with van der Waals surface area (Å²) in [5.41, 5.74) is -0.556. The highest BCUT2D eigenvalue weighted by Gasteiger charge is 2.68. The number of rotatable bonds is 2. The molecule has 0 amide bonds. The van der Waals surface area contributed by atoms with Crippen molar-refractivity contribution < 1.29 is 19.7 Å². The van der Waals surface area contributed by atoms with Gasteiger partial charge in [-0.15, -0.1) is 11.8 Å². The summed E-state index contributed by atoms with van der Waals surface area (Å²) in [5, 5.41) is 20.3. The van der Waals surface area contributed by atoms with E-state index in [9.17, 15) is 15.0 Å². The van der Waals surface area contributed by atoms with E-state index >= 15 is 0 Å². The molecule has 7 heteroatoms. The van der Waals surface area contributed by atoms with Crippen LogP contribution in [-0.4, -0.2) is 39.3 Å². The minimum Gasteiger partial charge on any atom is -0.550 e. The first-order valence-electron chi connectivity index (χ1n) is 4.36. The Labute approximate surface area is 101 Å². The van der Waals surface area contributed by atoms with Crippen LogP contribution in [0.4, 0.5) is 0 Å². The lowest BCUT2D eigenvalue weighted by atomic mass is 9.72. The molecular weight excluding hydrogens is 263 g/mol. The van der Waals surface area contributed by atoms with E-state index in [-0.39, 0.29) is 5.25 Å². The zero-order chi connectivity index (χ0) is 11.4. The summed E-state index contributed by atoms with van der Waals surface area (Å²) in [6.45, 7) is 0. The lowest BCUT2D eigenvalue weighted by Crippen LogP contribution is -2.63. The van der Waals surface area contributed by atoms with Crippen LogP contribution < -0.4 is 5.11 Å². The predicted molar refractivity (Wildman–Crippen MR) is 54.6 cm³/mol. The number of alkyl halides is 2. The Hall–Kier alpha value is 0.320. The van der Waals surface area contributed by atoms with Crippen molar-refractivity contribution in [1.82, 2.24) is 0 Å². The van der Waals surface area contributed by atoms with E-state index in [0.717, 1.165) is 0 Å². The third-order valence-electron chi connectivity index (χ3n) is 2.98. The van der Waals surface area contributed by atoms with Crippen molar-refractivity contribution in [1.29, 1.82) is 0 Å². The standard InChI is InChI=1S/C8H10Cl2O4S/c1-14-7-3(6(12)13)2-4(11)8(9,10)5(2)15-7/h2-5,7,11H,1H3,(H,12,13)/p-1/t2-,3-,4+,5-,7-/m0/s1. The zero-order valence-electron chi connectivity index (χ0n) is 7.72. The van der Waals surface area contributed by atoms with Crippen LogP contribution in [0.25, 0.3) is 0 Å². The van der Waals surface area contributed by atoms with Crippen LogP contribution in [0.5, 0.6) is 0 Å². The highest BCUT2D eigenvalue weighted by molar-refractivity contribution is 8.01. The largest absolute Gasteiger partial charge is 0.550 e. The first-order valence-corrected chi connectivity index (χ1v) is 6.06. The van der Waals surface area contributed by atoms with Crippen molar-refractivity contribution in [3.63, 3.8) is 0 Å². The molecule has 15 heavy (non-hydrogen) atoms. The Bertz CT molecular complexity index is 298. The summed E-state index contributed by atoms with van der Waals surface area (Å²) in [7, 11) is 1.41. The van der Waals surface area contributed by atoms with E-state index in [1.54, 1.807) is 0 Å². The van der Waals surface area contributed by atoms with E-state index in [2.05, 4.69) is 0 Å². The maximum Gasteiger partial charge on any atom is 0.156 e. The van der Waals surface area contributed by atoms with E-state index in [4.69, 9.17) is 27.9 Å². The summed E-state index contributed by atoms with van der Waals surface area (Å²) in [5.74, 6) is -2.57. The maximum absolute atomic E-state index is 10.9. The number of carboxylic acid groups (broad SMARTS) is 1. The Morgan fingerprint density at radius 1 is 1.60 bits per heavy atom. The van der Waals surface area contributed by atoms with Crippen molar-refractivity contribution in [2.24, 2.45) is 11.8 Å². The summed E-state index contributed by atoms with van der Waals surface area (Å²) in [4.78, 5) is 10.9. The van der Waals surface area contributed by atoms with Gasteiger partial charge in [0.25, 0.3) is 0 Å². The molecule has 5 atom stereocenters. The van der Waals surface area contributed by atoms with Gasteiger partial charge in [0.15, 0.2) is 4.33 Å². The average Bonchev–Trinajstić information content (AvgIpc) is 2.54. The zero-order valence-corrected chi connectivity index (χ0v) is 10.1. The number of aliphatic hydroxyl groups is 1. The summed E-state index contributed by atoms with van der Waals surface area (Å²) in [6.07, 6.45) is -1.04. The summed E-state index contributed by atoms with van der Waals surface area (Å²) < 4.78 is 3.74. The van der Waals surface area contributed by atoms with Crippen LogP contribution in [0, 0.1) is 11.8 Å². The van der Waals surface area contributed by atoms with Crippen molar-refractivity contribution in [2.75, 3.05) is 7.11 Å². The number of thioether (sulfide) groups is 1. The first-order chi connectivity index (χ1) is 6.91. The molecule has 1 aliphatic carbocycles. The number of hydrogen-bond donors (Lipinski definition) is 1. The predicted octanol–water partition coefficient (Wildman–Crippen LogP) is -0.395. The highest BCUT2D eigenvalue weighted by Crippen LogP contribution is 2.62. The monoisotopic (exact) mass is 271 g/mol. The fraction of sp³-hybridized carbons (Fsp3) is 0.875. The molecule has 1 heterocycles. The molecule has 1 saturated carbocycles. The second-order valence-corrected chi connectivity index (χ2v) is 6.39. The molecule has 0 aromatic carbocycles. The van der Waals surface area contributed by atoms with Gasteiger partial charge >= 0.3 is 0 Å². The minimum absolute atomic E-state index is 0.316. The van der Waals surface area contributed by atoms with Crippen LogP contribution in [-0.2, 0) is 9.53 Å². The van der Waals surface area contributed by atoms with E-state index < -0.39 is 33.7 Å². The third-order valence-corrected chi connectivity index (χ3v) is 5.89. The lowest BCUT2D eigenvalue weighted by Gasteiger charge is -2.49. The van der Waals surface area contributed by atoms with Gasteiger partial charge in [0.1, 0.15) is 5.44 Å². The summed E-state index contributed by atoms with van der Waals surface area (Å²) in [6, 6.07) is 0. The Kier molecular flexibility index (Phi) is 2.88. The Balaban J connectivity index is 2.24. The van der Waals surface area contributed by atoms with Gasteiger partial charge in [0, 0.05) is 30.2 Å². The third kappa shape index (κ3) is 1.48. The van der Waals surface area contributed by atoms with Crippen molar-refractivity contribution in [3.8, 4) is 0 Å². The lowest BCUT2D eigenvalue weighted by molar-refractivity contribution is -0.316. The van der Waals surface area contributed by atoms with E-state index in [1.807, 2.05) is 0 Å². The molecule has 2 rings (SSSR count). The smallest absolute Gasteiger partial charge is 0.156 e. The normalized spacial score (nSPS) is 47.1. The van der Waals surface area contributed by atoms with E-state index in [0.29, 0.717) is 0 Å². The average molecular weight is 272 g/mol. The van der Waals surface area contributed by atoms with Crippen LogP contribution in [0.15, 0.2) is 0 Å². The second-order valence-electron chi connectivity index (χ2n) is 3.70. The maximum atomic E-state index is 10.9.